The number of alkyl halides is 10. The Bertz CT molecular complexity index is 385. The van der Waals surface area contributed by atoms with Gasteiger partial charge in [-0.1, -0.05) is 20.7 Å². The highest BCUT2D eigenvalue weighted by atomic mass is 35.5. The fraction of sp³-hybridized carbons (Fsp3) is 0.667. The highest BCUT2D eigenvalue weighted by molar-refractivity contribution is 7.72. The molecule has 106 valence electrons. The van der Waals surface area contributed by atoms with Crippen LogP contribution < -0.4 is 0 Å². The number of hydrogen-bond donors (Lipinski definition) is 0. The molecule has 0 saturated carbocycles. The number of halogens is 10. The van der Waals surface area contributed by atoms with E-state index in [0.29, 0.717) is 0 Å². The topological polar surface area (TPSA) is 0 Å². The van der Waals surface area contributed by atoms with E-state index in [1.54, 1.807) is 0 Å². The van der Waals surface area contributed by atoms with Crippen molar-refractivity contribution in [2.75, 3.05) is 0 Å². The van der Waals surface area contributed by atoms with Crippen molar-refractivity contribution in [3.05, 3.63) is 9.75 Å². The Morgan fingerprint density at radius 3 is 0.944 bits per heavy atom. The lowest BCUT2D eigenvalue weighted by Crippen LogP contribution is -2.39. The van der Waals surface area contributed by atoms with Gasteiger partial charge in [-0.15, -0.1) is 0 Å². The summed E-state index contributed by atoms with van der Waals surface area (Å²) in [5.41, 5.74) is 0. The van der Waals surface area contributed by atoms with Crippen LogP contribution in [0.1, 0.15) is 9.75 Å². The number of rotatable bonds is 4. The van der Waals surface area contributed by atoms with Gasteiger partial charge in [-0.25, -0.2) is 0 Å². The molecule has 0 spiro atoms. The van der Waals surface area contributed by atoms with Gasteiger partial charge in [-0.05, 0) is 23.2 Å². The molecule has 0 aliphatic heterocycles. The van der Waals surface area contributed by atoms with Gasteiger partial charge in [0.2, 0.25) is 0 Å². The van der Waals surface area contributed by atoms with E-state index in [9.17, 15) is 35.1 Å². The van der Waals surface area contributed by atoms with Crippen LogP contribution in [0.4, 0.5) is 35.1 Å². The van der Waals surface area contributed by atoms with Crippen molar-refractivity contribution in [3.63, 3.8) is 0 Å². The van der Waals surface area contributed by atoms with E-state index in [1.807, 2.05) is 0 Å². The summed E-state index contributed by atoms with van der Waals surface area (Å²) in [5, 5.41) is -10.4. The van der Waals surface area contributed by atoms with Crippen LogP contribution in [0, 0.1) is 0 Å². The molecule has 0 atom stereocenters. The zero-order valence-corrected chi connectivity index (χ0v) is 10.7. The Hall–Kier alpha value is 0.200. The largest absolute Gasteiger partial charge is 0.389 e. The summed E-state index contributed by atoms with van der Waals surface area (Å²) in [4.78, 5) is -3.84. The minimum atomic E-state index is -5.19. The maximum absolute atomic E-state index is 12.9. The van der Waals surface area contributed by atoms with E-state index in [1.165, 1.54) is 0 Å². The molecule has 1 rings (SSSR count). The second-order valence-corrected chi connectivity index (χ2v) is 6.07. The van der Waals surface area contributed by atoms with Crippen LogP contribution in [0.5, 0.6) is 0 Å². The Morgan fingerprint density at radius 2 is 0.833 bits per heavy atom. The summed E-state index contributed by atoms with van der Waals surface area (Å²) in [6.07, 6.45) is 0. The first-order valence-electron chi connectivity index (χ1n) is 3.71. The molecule has 0 N–H and O–H groups in total. The summed E-state index contributed by atoms with van der Waals surface area (Å²) in [5.74, 6) is -10.4. The SMILES string of the molecule is FC(F)(Cl)C(F)(F)c1ssc1C(F)(F)C(F)(F)Cl. The molecule has 1 aromatic heterocycles. The van der Waals surface area contributed by atoms with E-state index in [-0.39, 0.29) is 20.7 Å². The van der Waals surface area contributed by atoms with Crippen LogP contribution in [0.2, 0.25) is 0 Å². The quantitative estimate of drug-likeness (QED) is 0.370. The summed E-state index contributed by atoms with van der Waals surface area (Å²) >= 11 is 8.11. The molecule has 0 aliphatic rings. The number of hydrogen-bond acceptors (Lipinski definition) is 2. The lowest BCUT2D eigenvalue weighted by atomic mass is 10.2. The smallest absolute Gasteiger partial charge is 0.192 e. The molecule has 0 radical (unpaired) electrons. The third-order valence-electron chi connectivity index (χ3n) is 1.70. The first-order valence-corrected chi connectivity index (χ1v) is 6.62. The molecule has 12 heteroatoms. The lowest BCUT2D eigenvalue weighted by molar-refractivity contribution is -0.178. The van der Waals surface area contributed by atoms with E-state index in [0.717, 1.165) is 0 Å². The van der Waals surface area contributed by atoms with Gasteiger partial charge in [0.05, 0.1) is 0 Å². The van der Waals surface area contributed by atoms with Crippen LogP contribution in [-0.4, -0.2) is 10.8 Å². The Kier molecular flexibility index (Phi) is 3.93. The lowest BCUT2D eigenvalue weighted by Gasteiger charge is -2.28. The first-order chi connectivity index (χ1) is 7.73. The van der Waals surface area contributed by atoms with Gasteiger partial charge in [0.25, 0.3) is 0 Å². The highest BCUT2D eigenvalue weighted by Crippen LogP contribution is 2.58. The average molecular weight is 359 g/mol. The minimum Gasteiger partial charge on any atom is -0.192 e. The first kappa shape index (κ1) is 16.3. The third-order valence-corrected chi connectivity index (χ3v) is 4.89. The second kappa shape index (κ2) is 4.35. The fourth-order valence-corrected chi connectivity index (χ4v) is 3.42. The monoisotopic (exact) mass is 358 g/mol. The van der Waals surface area contributed by atoms with Crippen LogP contribution in [0.25, 0.3) is 0 Å². The molecule has 0 amide bonds. The zero-order valence-electron chi connectivity index (χ0n) is 7.60. The third kappa shape index (κ3) is 2.44. The van der Waals surface area contributed by atoms with Crippen molar-refractivity contribution < 1.29 is 35.1 Å². The summed E-state index contributed by atoms with van der Waals surface area (Å²) in [7, 11) is -0.400. The molecule has 0 fully saturated rings. The van der Waals surface area contributed by atoms with Crippen LogP contribution in [0.3, 0.4) is 0 Å². The fourth-order valence-electron chi connectivity index (χ4n) is 0.772. The predicted molar refractivity (Wildman–Crippen MR) is 51.6 cm³/mol. The van der Waals surface area contributed by atoms with Crippen molar-refractivity contribution in [2.45, 2.75) is 22.6 Å². The molecule has 1 heterocycles. The van der Waals surface area contributed by atoms with Gasteiger partial charge in [-0.2, -0.15) is 35.1 Å². The summed E-state index contributed by atoms with van der Waals surface area (Å²) in [6, 6.07) is 0. The molecule has 0 saturated heterocycles. The summed E-state index contributed by atoms with van der Waals surface area (Å²) < 4.78 is 101. The molecule has 0 aliphatic carbocycles. The van der Waals surface area contributed by atoms with Crippen molar-refractivity contribution in [2.24, 2.45) is 0 Å². The minimum absolute atomic E-state index is 0.200. The van der Waals surface area contributed by atoms with E-state index in [2.05, 4.69) is 23.2 Å². The van der Waals surface area contributed by atoms with Crippen molar-refractivity contribution in [1.82, 2.24) is 0 Å². The Labute approximate surface area is 111 Å². The van der Waals surface area contributed by atoms with Crippen LogP contribution in [0.15, 0.2) is 0 Å². The maximum Gasteiger partial charge on any atom is 0.389 e. The van der Waals surface area contributed by atoms with Gasteiger partial charge in [0, 0.05) is 0 Å². The molecule has 18 heavy (non-hydrogen) atoms. The predicted octanol–water partition coefficient (Wildman–Crippen LogP) is 5.66. The second-order valence-electron chi connectivity index (χ2n) is 2.97. The molecular weight excluding hydrogens is 359 g/mol. The van der Waals surface area contributed by atoms with Crippen molar-refractivity contribution in [1.29, 1.82) is 0 Å². The standard InChI is InChI=1S/C6Cl2F8S2/c7-5(13,14)3(9,10)1-2(18-17-1)4(11,12)6(8,15)16. The molecule has 0 nitrogen and oxygen atoms in total. The van der Waals surface area contributed by atoms with Gasteiger partial charge in [0.1, 0.15) is 9.75 Å². The van der Waals surface area contributed by atoms with E-state index >= 15 is 0 Å². The van der Waals surface area contributed by atoms with Crippen molar-refractivity contribution in [3.8, 4) is 0 Å². The summed E-state index contributed by atoms with van der Waals surface area (Å²) in [6.45, 7) is 0. The molecular formula is C6Cl2F8S2. The molecule has 0 unspecified atom stereocenters. The molecule has 0 aromatic carbocycles. The average Bonchev–Trinajstić information content (AvgIpc) is 1.94. The van der Waals surface area contributed by atoms with Gasteiger partial charge in [0.15, 0.2) is 0 Å². The normalized spacial score (nSPS) is 15.2. The molecule has 1 aromatic rings. The van der Waals surface area contributed by atoms with Crippen molar-refractivity contribution >= 4 is 43.9 Å². The Balaban J connectivity index is 3.23. The van der Waals surface area contributed by atoms with Crippen LogP contribution in [-0.2, 0) is 11.8 Å². The maximum atomic E-state index is 12.9. The van der Waals surface area contributed by atoms with Gasteiger partial charge >= 0.3 is 22.6 Å². The Morgan fingerprint density at radius 1 is 0.611 bits per heavy atom. The highest BCUT2D eigenvalue weighted by Gasteiger charge is 2.66. The van der Waals surface area contributed by atoms with Crippen LogP contribution >= 0.6 is 43.9 Å². The molecule has 0 bridgehead atoms. The van der Waals surface area contributed by atoms with Gasteiger partial charge in [-0.3, -0.25) is 0 Å². The van der Waals surface area contributed by atoms with E-state index in [4.69, 9.17) is 0 Å². The zero-order chi connectivity index (χ0) is 14.6. The van der Waals surface area contributed by atoms with Gasteiger partial charge < -0.3 is 0 Å². The van der Waals surface area contributed by atoms with E-state index < -0.39 is 32.4 Å².